The van der Waals surface area contributed by atoms with Crippen LogP contribution in [0.1, 0.15) is 31.2 Å². The van der Waals surface area contributed by atoms with Gasteiger partial charge in [-0.05, 0) is 50.4 Å². The summed E-state index contributed by atoms with van der Waals surface area (Å²) in [5, 5.41) is 10.8. The van der Waals surface area contributed by atoms with Crippen LogP contribution in [0.5, 0.6) is 5.75 Å². The van der Waals surface area contributed by atoms with E-state index in [0.717, 1.165) is 25.0 Å². The molecule has 0 aliphatic carbocycles. The average molecular weight is 319 g/mol. The maximum absolute atomic E-state index is 13.8. The van der Waals surface area contributed by atoms with E-state index in [0.29, 0.717) is 18.4 Å². The molecule has 3 rings (SSSR count). The lowest BCUT2D eigenvalue weighted by atomic mass is 9.80. The lowest BCUT2D eigenvalue weighted by Crippen LogP contribution is -2.47. The van der Waals surface area contributed by atoms with Crippen molar-refractivity contribution in [3.05, 3.63) is 29.6 Å². The van der Waals surface area contributed by atoms with Gasteiger partial charge in [-0.3, -0.25) is 0 Å². The van der Waals surface area contributed by atoms with E-state index in [4.69, 9.17) is 0 Å². The molecule has 7 heteroatoms. The van der Waals surface area contributed by atoms with Gasteiger partial charge in [-0.15, -0.1) is 13.2 Å². The van der Waals surface area contributed by atoms with E-state index in [-0.39, 0.29) is 12.1 Å². The van der Waals surface area contributed by atoms with Crippen LogP contribution >= 0.6 is 0 Å². The van der Waals surface area contributed by atoms with Crippen LogP contribution in [0.25, 0.3) is 0 Å². The van der Waals surface area contributed by atoms with E-state index in [2.05, 4.69) is 9.64 Å². The molecule has 22 heavy (non-hydrogen) atoms. The van der Waals surface area contributed by atoms with Gasteiger partial charge in [-0.25, -0.2) is 4.39 Å². The minimum Gasteiger partial charge on any atom is -0.403 e. The number of hydrogen-bond acceptors (Lipinski definition) is 3. The first-order valence-corrected chi connectivity index (χ1v) is 7.18. The zero-order chi connectivity index (χ0) is 16.1. The molecule has 0 amide bonds. The second-order valence-electron chi connectivity index (χ2n) is 6.18. The molecule has 0 aromatic heterocycles. The monoisotopic (exact) mass is 319 g/mol. The van der Waals surface area contributed by atoms with Gasteiger partial charge in [0.1, 0.15) is 0 Å². The fourth-order valence-electron chi connectivity index (χ4n) is 3.68. The number of piperidine rings is 1. The highest BCUT2D eigenvalue weighted by Gasteiger charge is 2.47. The number of hydrogen-bond donors (Lipinski definition) is 1. The zero-order valence-electron chi connectivity index (χ0n) is 12.0. The number of rotatable bonds is 2. The van der Waals surface area contributed by atoms with Crippen molar-refractivity contribution in [2.75, 3.05) is 7.05 Å². The summed E-state index contributed by atoms with van der Waals surface area (Å²) in [4.78, 5) is 2.21. The van der Waals surface area contributed by atoms with Crippen LogP contribution < -0.4 is 4.74 Å². The molecule has 2 aliphatic rings. The lowest BCUT2D eigenvalue weighted by Gasteiger charge is -2.42. The molecule has 3 nitrogen and oxygen atoms in total. The van der Waals surface area contributed by atoms with Crippen LogP contribution in [0.4, 0.5) is 17.6 Å². The number of fused-ring (bicyclic) bond motifs is 2. The molecule has 2 unspecified atom stereocenters. The van der Waals surface area contributed by atoms with Gasteiger partial charge < -0.3 is 14.7 Å². The molecule has 122 valence electrons. The molecule has 0 radical (unpaired) electrons. The molecule has 2 bridgehead atoms. The van der Waals surface area contributed by atoms with Gasteiger partial charge in [0.05, 0.1) is 5.60 Å². The predicted octanol–water partition coefficient (Wildman–Crippen LogP) is 3.17. The first kappa shape index (κ1) is 15.6. The Morgan fingerprint density at radius 1 is 1.23 bits per heavy atom. The molecule has 2 aliphatic heterocycles. The van der Waals surface area contributed by atoms with Crippen molar-refractivity contribution in [3.63, 3.8) is 0 Å². The van der Waals surface area contributed by atoms with Gasteiger partial charge in [-0.1, -0.05) is 6.07 Å². The third-order valence-corrected chi connectivity index (χ3v) is 4.83. The second-order valence-corrected chi connectivity index (χ2v) is 6.18. The van der Waals surface area contributed by atoms with Crippen molar-refractivity contribution in [2.45, 2.75) is 49.7 Å². The van der Waals surface area contributed by atoms with E-state index < -0.39 is 23.5 Å². The number of benzene rings is 1. The molecule has 1 N–H and O–H groups in total. The van der Waals surface area contributed by atoms with E-state index in [1.54, 1.807) is 0 Å². The summed E-state index contributed by atoms with van der Waals surface area (Å²) in [6, 6.07) is 3.63. The van der Waals surface area contributed by atoms with Crippen molar-refractivity contribution in [2.24, 2.45) is 0 Å². The lowest BCUT2D eigenvalue weighted by molar-refractivity contribution is -0.275. The standard InChI is InChI=1S/C15H17F4NO2/c1-20-10-3-4-11(20)8-14(21,7-10)9-2-5-13(12(16)6-9)22-15(17,18)19/h2,5-6,10-11,21H,3-4,7-8H2,1H3. The largest absolute Gasteiger partial charge is 0.573 e. The quantitative estimate of drug-likeness (QED) is 0.850. The molecule has 1 aromatic carbocycles. The Labute approximate surface area is 125 Å². The van der Waals surface area contributed by atoms with Crippen LogP contribution in [0.3, 0.4) is 0 Å². The summed E-state index contributed by atoms with van der Waals surface area (Å²) in [5.74, 6) is -2.00. The first-order chi connectivity index (χ1) is 10.2. The number of ether oxygens (including phenoxy) is 1. The maximum atomic E-state index is 13.8. The molecule has 2 saturated heterocycles. The molecule has 1 aromatic rings. The van der Waals surface area contributed by atoms with Gasteiger partial charge in [0.2, 0.25) is 0 Å². The number of alkyl halides is 3. The summed E-state index contributed by atoms with van der Waals surface area (Å²) in [6.07, 6.45) is -2.08. The normalized spacial score (nSPS) is 32.3. The van der Waals surface area contributed by atoms with Crippen LogP contribution in [0, 0.1) is 5.82 Å². The van der Waals surface area contributed by atoms with Gasteiger partial charge in [0, 0.05) is 12.1 Å². The number of nitrogens with zero attached hydrogens (tertiary/aromatic N) is 1. The Bertz CT molecular complexity index is 561. The fourth-order valence-corrected chi connectivity index (χ4v) is 3.68. The fraction of sp³-hybridized carbons (Fsp3) is 0.600. The smallest absolute Gasteiger partial charge is 0.403 e. The molecule has 2 fully saturated rings. The molecule has 0 spiro atoms. The van der Waals surface area contributed by atoms with Crippen LogP contribution in [0.15, 0.2) is 18.2 Å². The Kier molecular flexibility index (Phi) is 3.60. The van der Waals surface area contributed by atoms with Crippen molar-refractivity contribution >= 4 is 0 Å². The maximum Gasteiger partial charge on any atom is 0.573 e. The first-order valence-electron chi connectivity index (χ1n) is 7.18. The predicted molar refractivity (Wildman–Crippen MR) is 70.8 cm³/mol. The summed E-state index contributed by atoms with van der Waals surface area (Å²) in [5.41, 5.74) is -0.889. The molecule has 2 atom stereocenters. The number of halogens is 4. The Morgan fingerprint density at radius 2 is 1.82 bits per heavy atom. The van der Waals surface area contributed by atoms with Crippen molar-refractivity contribution in [1.82, 2.24) is 4.90 Å². The summed E-state index contributed by atoms with van der Waals surface area (Å²) >= 11 is 0. The highest BCUT2D eigenvalue weighted by molar-refractivity contribution is 5.33. The average Bonchev–Trinajstić information content (AvgIpc) is 2.63. The van der Waals surface area contributed by atoms with Gasteiger partial charge >= 0.3 is 6.36 Å². The SMILES string of the molecule is CN1C2CCC1CC(O)(c1ccc(OC(F)(F)F)c(F)c1)C2. The Morgan fingerprint density at radius 3 is 2.32 bits per heavy atom. The molecular weight excluding hydrogens is 302 g/mol. The summed E-state index contributed by atoms with van der Waals surface area (Å²) in [7, 11) is 2.00. The van der Waals surface area contributed by atoms with Gasteiger partial charge in [0.15, 0.2) is 11.6 Å². The minimum atomic E-state index is -4.94. The molecule has 2 heterocycles. The van der Waals surface area contributed by atoms with Crippen LogP contribution in [-0.2, 0) is 5.60 Å². The molecule has 0 saturated carbocycles. The van der Waals surface area contributed by atoms with Crippen molar-refractivity contribution in [3.8, 4) is 5.75 Å². The van der Waals surface area contributed by atoms with Crippen molar-refractivity contribution < 1.29 is 27.4 Å². The number of aliphatic hydroxyl groups is 1. The Hall–Kier alpha value is -1.34. The third kappa shape index (κ3) is 2.79. The van der Waals surface area contributed by atoms with Crippen LogP contribution in [-0.4, -0.2) is 35.5 Å². The topological polar surface area (TPSA) is 32.7 Å². The Balaban J connectivity index is 1.85. The second kappa shape index (κ2) is 5.09. The van der Waals surface area contributed by atoms with Crippen LogP contribution in [0.2, 0.25) is 0 Å². The molecular formula is C15H17F4NO2. The third-order valence-electron chi connectivity index (χ3n) is 4.83. The van der Waals surface area contributed by atoms with Gasteiger partial charge in [0.25, 0.3) is 0 Å². The van der Waals surface area contributed by atoms with E-state index in [1.807, 2.05) is 7.05 Å². The highest BCUT2D eigenvalue weighted by atomic mass is 19.4. The van der Waals surface area contributed by atoms with E-state index >= 15 is 0 Å². The summed E-state index contributed by atoms with van der Waals surface area (Å²) in [6.45, 7) is 0. The highest BCUT2D eigenvalue weighted by Crippen LogP contribution is 2.45. The van der Waals surface area contributed by atoms with Gasteiger partial charge in [-0.2, -0.15) is 0 Å². The minimum absolute atomic E-state index is 0.220. The summed E-state index contributed by atoms with van der Waals surface area (Å²) < 4.78 is 53.9. The van der Waals surface area contributed by atoms with Crippen molar-refractivity contribution in [1.29, 1.82) is 0 Å². The zero-order valence-corrected chi connectivity index (χ0v) is 12.0. The van der Waals surface area contributed by atoms with E-state index in [9.17, 15) is 22.7 Å². The van der Waals surface area contributed by atoms with E-state index in [1.165, 1.54) is 6.07 Å².